The number of hydrogen-bond acceptors (Lipinski definition) is 3. The van der Waals surface area contributed by atoms with Gasteiger partial charge in [-0.25, -0.2) is 0 Å². The molecule has 1 N–H and O–H groups in total. The van der Waals surface area contributed by atoms with Crippen LogP contribution in [0.3, 0.4) is 0 Å². The maximum absolute atomic E-state index is 12.3. The lowest BCUT2D eigenvalue weighted by molar-refractivity contribution is 0.0992. The first kappa shape index (κ1) is 11.9. The zero-order valence-corrected chi connectivity index (χ0v) is 10.1. The van der Waals surface area contributed by atoms with E-state index in [0.29, 0.717) is 22.5 Å². The largest absolute Gasteiger partial charge is 0.310 e. The molecule has 0 saturated carbocycles. The molecule has 0 spiro atoms. The normalized spacial score (nSPS) is 9.83. The Morgan fingerprint density at radius 3 is 2.78 bits per heavy atom. The highest BCUT2D eigenvalue weighted by molar-refractivity contribution is 6.06. The molecule has 0 unspecified atom stereocenters. The second kappa shape index (κ2) is 4.72. The van der Waals surface area contributed by atoms with E-state index >= 15 is 0 Å². The van der Waals surface area contributed by atoms with Crippen molar-refractivity contribution in [2.75, 3.05) is 11.9 Å². The molecule has 0 bridgehead atoms. The average Bonchev–Trinajstić information content (AvgIpc) is 2.83. The number of aromatic amines is 1. The summed E-state index contributed by atoms with van der Waals surface area (Å²) in [5.74, 6) is -0.191. The average molecular weight is 240 g/mol. The van der Waals surface area contributed by atoms with Crippen molar-refractivity contribution in [3.8, 4) is 6.07 Å². The third-order valence-corrected chi connectivity index (χ3v) is 2.75. The van der Waals surface area contributed by atoms with Crippen molar-refractivity contribution in [3.05, 3.63) is 47.3 Å². The molecule has 1 aromatic heterocycles. The van der Waals surface area contributed by atoms with Crippen LogP contribution in [0.5, 0.6) is 0 Å². The van der Waals surface area contributed by atoms with Gasteiger partial charge in [0.25, 0.3) is 5.91 Å². The predicted molar refractivity (Wildman–Crippen MR) is 67.2 cm³/mol. The number of para-hydroxylation sites is 1. The summed E-state index contributed by atoms with van der Waals surface area (Å²) in [7, 11) is 1.64. The van der Waals surface area contributed by atoms with Crippen molar-refractivity contribution in [2.45, 2.75) is 6.92 Å². The Kier molecular flexibility index (Phi) is 3.11. The molecule has 0 atom stereocenters. The van der Waals surface area contributed by atoms with Gasteiger partial charge in [-0.15, -0.1) is 0 Å². The Labute approximate surface area is 105 Å². The Hall–Kier alpha value is -2.61. The van der Waals surface area contributed by atoms with Gasteiger partial charge in [0.15, 0.2) is 0 Å². The van der Waals surface area contributed by atoms with Crippen LogP contribution in [0.25, 0.3) is 0 Å². The first-order valence-corrected chi connectivity index (χ1v) is 5.42. The molecule has 0 fully saturated rings. The number of hydrogen-bond donors (Lipinski definition) is 1. The standard InChI is InChI=1S/C13H12N4O/c1-9-11(8-15-16-9)13(18)17(2)12-6-4-3-5-10(12)7-14/h3-6,8H,1-2H3,(H,15,16). The van der Waals surface area contributed by atoms with Crippen molar-refractivity contribution >= 4 is 11.6 Å². The summed E-state index contributed by atoms with van der Waals surface area (Å²) in [6, 6.07) is 9.06. The highest BCUT2D eigenvalue weighted by Crippen LogP contribution is 2.20. The number of anilines is 1. The molecule has 18 heavy (non-hydrogen) atoms. The van der Waals surface area contributed by atoms with Crippen molar-refractivity contribution < 1.29 is 4.79 Å². The minimum atomic E-state index is -0.191. The summed E-state index contributed by atoms with van der Waals surface area (Å²) in [4.78, 5) is 13.7. The van der Waals surface area contributed by atoms with E-state index in [1.54, 1.807) is 38.2 Å². The van der Waals surface area contributed by atoms with Crippen LogP contribution < -0.4 is 4.90 Å². The van der Waals surface area contributed by atoms with Gasteiger partial charge in [-0.05, 0) is 19.1 Å². The van der Waals surface area contributed by atoms with Crippen molar-refractivity contribution in [2.24, 2.45) is 0 Å². The number of carbonyl (C=O) groups is 1. The summed E-state index contributed by atoms with van der Waals surface area (Å²) in [6.45, 7) is 1.78. The summed E-state index contributed by atoms with van der Waals surface area (Å²) in [6.07, 6.45) is 1.49. The molecule has 90 valence electrons. The second-order valence-electron chi connectivity index (χ2n) is 3.90. The van der Waals surface area contributed by atoms with Crippen LogP contribution in [0, 0.1) is 18.3 Å². The molecule has 5 nitrogen and oxygen atoms in total. The number of nitrogens with one attached hydrogen (secondary N) is 1. The van der Waals surface area contributed by atoms with Crippen LogP contribution in [0.2, 0.25) is 0 Å². The lowest BCUT2D eigenvalue weighted by Crippen LogP contribution is -2.27. The SMILES string of the molecule is Cc1[nH]ncc1C(=O)N(C)c1ccccc1C#N. The lowest BCUT2D eigenvalue weighted by atomic mass is 10.1. The van der Waals surface area contributed by atoms with Crippen LogP contribution in [-0.2, 0) is 0 Å². The van der Waals surface area contributed by atoms with Crippen molar-refractivity contribution in [3.63, 3.8) is 0 Å². The number of carbonyl (C=O) groups excluding carboxylic acids is 1. The van der Waals surface area contributed by atoms with Crippen molar-refractivity contribution in [1.82, 2.24) is 10.2 Å². The number of H-pyrrole nitrogens is 1. The number of nitrogens with zero attached hydrogens (tertiary/aromatic N) is 3. The molecule has 1 amide bonds. The van der Waals surface area contributed by atoms with Gasteiger partial charge in [0.05, 0.1) is 23.0 Å². The molecule has 5 heteroatoms. The third-order valence-electron chi connectivity index (χ3n) is 2.75. The van der Waals surface area contributed by atoms with E-state index in [2.05, 4.69) is 16.3 Å². The van der Waals surface area contributed by atoms with Crippen LogP contribution in [0.15, 0.2) is 30.5 Å². The maximum atomic E-state index is 12.3. The number of rotatable bonds is 2. The van der Waals surface area contributed by atoms with E-state index in [9.17, 15) is 4.79 Å². The number of aryl methyl sites for hydroxylation is 1. The van der Waals surface area contributed by atoms with Gasteiger partial charge >= 0.3 is 0 Å². The van der Waals surface area contributed by atoms with Crippen LogP contribution in [0.4, 0.5) is 5.69 Å². The quantitative estimate of drug-likeness (QED) is 0.870. The van der Waals surface area contributed by atoms with Crippen LogP contribution in [0.1, 0.15) is 21.6 Å². The first-order valence-electron chi connectivity index (χ1n) is 5.42. The van der Waals surface area contributed by atoms with Gasteiger partial charge < -0.3 is 4.90 Å². The zero-order chi connectivity index (χ0) is 13.1. The molecule has 0 radical (unpaired) electrons. The smallest absolute Gasteiger partial charge is 0.261 e. The molecule has 0 aliphatic heterocycles. The second-order valence-corrected chi connectivity index (χ2v) is 3.90. The highest BCUT2D eigenvalue weighted by atomic mass is 16.2. The summed E-state index contributed by atoms with van der Waals surface area (Å²) >= 11 is 0. The van der Waals surface area contributed by atoms with E-state index in [4.69, 9.17) is 5.26 Å². The van der Waals surface area contributed by atoms with Crippen molar-refractivity contribution in [1.29, 1.82) is 5.26 Å². The number of amides is 1. The van der Waals surface area contributed by atoms with Crippen LogP contribution >= 0.6 is 0 Å². The Bertz CT molecular complexity index is 624. The number of aromatic nitrogens is 2. The van der Waals surface area contributed by atoms with E-state index in [1.807, 2.05) is 0 Å². The topological polar surface area (TPSA) is 72.8 Å². The highest BCUT2D eigenvalue weighted by Gasteiger charge is 2.18. The summed E-state index contributed by atoms with van der Waals surface area (Å²) in [5.41, 5.74) is 2.27. The van der Waals surface area contributed by atoms with Crippen LogP contribution in [-0.4, -0.2) is 23.2 Å². The first-order chi connectivity index (χ1) is 8.65. The fourth-order valence-electron chi connectivity index (χ4n) is 1.72. The van der Waals surface area contributed by atoms with E-state index < -0.39 is 0 Å². The fraction of sp³-hybridized carbons (Fsp3) is 0.154. The Morgan fingerprint density at radius 1 is 1.44 bits per heavy atom. The molecular weight excluding hydrogens is 228 g/mol. The lowest BCUT2D eigenvalue weighted by Gasteiger charge is -2.18. The molecule has 2 aromatic rings. The minimum absolute atomic E-state index is 0.191. The minimum Gasteiger partial charge on any atom is -0.310 e. The number of benzene rings is 1. The molecule has 0 saturated heterocycles. The van der Waals surface area contributed by atoms with Gasteiger partial charge in [-0.1, -0.05) is 12.1 Å². The molecule has 1 heterocycles. The molecular formula is C13H12N4O. The summed E-state index contributed by atoms with van der Waals surface area (Å²) < 4.78 is 0. The fourth-order valence-corrected chi connectivity index (χ4v) is 1.72. The van der Waals surface area contributed by atoms with E-state index in [0.717, 1.165) is 0 Å². The number of nitriles is 1. The van der Waals surface area contributed by atoms with E-state index in [1.165, 1.54) is 11.1 Å². The van der Waals surface area contributed by atoms with Gasteiger partial charge in [-0.2, -0.15) is 10.4 Å². The molecule has 2 rings (SSSR count). The Balaban J connectivity index is 2.38. The van der Waals surface area contributed by atoms with Gasteiger partial charge in [0, 0.05) is 12.7 Å². The van der Waals surface area contributed by atoms with Gasteiger partial charge in [0.1, 0.15) is 6.07 Å². The predicted octanol–water partition coefficient (Wildman–Crippen LogP) is 1.87. The van der Waals surface area contributed by atoms with Gasteiger partial charge in [0.2, 0.25) is 0 Å². The molecule has 0 aliphatic carbocycles. The van der Waals surface area contributed by atoms with Gasteiger partial charge in [-0.3, -0.25) is 9.89 Å². The van der Waals surface area contributed by atoms with E-state index in [-0.39, 0.29) is 5.91 Å². The zero-order valence-electron chi connectivity index (χ0n) is 10.1. The molecule has 1 aromatic carbocycles. The Morgan fingerprint density at radius 2 is 2.17 bits per heavy atom. The monoisotopic (exact) mass is 240 g/mol. The molecule has 0 aliphatic rings. The third kappa shape index (κ3) is 1.96. The maximum Gasteiger partial charge on any atom is 0.261 e. The summed E-state index contributed by atoms with van der Waals surface area (Å²) in [5, 5.41) is 15.6.